The molecule has 3 heterocycles. The van der Waals surface area contributed by atoms with Gasteiger partial charge < -0.3 is 24.8 Å². The van der Waals surface area contributed by atoms with Crippen LogP contribution in [0.25, 0.3) is 11.3 Å². The average molecular weight is 557 g/mol. The van der Waals surface area contributed by atoms with Crippen molar-refractivity contribution >= 4 is 23.2 Å². The fourth-order valence-corrected chi connectivity index (χ4v) is 5.03. The van der Waals surface area contributed by atoms with Crippen molar-refractivity contribution in [3.8, 4) is 11.3 Å². The van der Waals surface area contributed by atoms with Gasteiger partial charge in [0.2, 0.25) is 5.76 Å². The fraction of sp³-hybridized carbons (Fsp3) is 0.414. The number of benzene rings is 2. The number of carbonyl (C=O) groups is 2. The lowest BCUT2D eigenvalue weighted by Gasteiger charge is -2.29. The third kappa shape index (κ3) is 6.47. The van der Waals surface area contributed by atoms with Crippen molar-refractivity contribution in [2.24, 2.45) is 0 Å². The monoisotopic (exact) mass is 556 g/mol. The number of ether oxygens (including phenoxy) is 1. The Labute approximate surface area is 229 Å². The third-order valence-electron chi connectivity index (χ3n) is 7.29. The maximum Gasteiger partial charge on any atom is 0.416 e. The predicted octanol–water partition coefficient (Wildman–Crippen LogP) is 5.82. The summed E-state index contributed by atoms with van der Waals surface area (Å²) in [5, 5.41) is 9.67. The van der Waals surface area contributed by atoms with Crippen molar-refractivity contribution in [3.63, 3.8) is 0 Å². The van der Waals surface area contributed by atoms with E-state index in [0.29, 0.717) is 48.9 Å². The molecule has 40 heavy (non-hydrogen) atoms. The van der Waals surface area contributed by atoms with Crippen LogP contribution >= 0.6 is 0 Å². The van der Waals surface area contributed by atoms with Crippen LogP contribution in [0.1, 0.15) is 64.1 Å². The van der Waals surface area contributed by atoms with Crippen LogP contribution in [-0.4, -0.2) is 49.3 Å². The van der Waals surface area contributed by atoms with Gasteiger partial charge in [-0.1, -0.05) is 11.2 Å². The summed E-state index contributed by atoms with van der Waals surface area (Å²) in [7, 11) is 0. The Balaban J connectivity index is 1.35. The van der Waals surface area contributed by atoms with Gasteiger partial charge in [0.1, 0.15) is 5.69 Å². The molecular weight excluding hydrogens is 525 g/mol. The number of nitrogens with one attached hydrogen (secondary N) is 2. The van der Waals surface area contributed by atoms with Crippen LogP contribution in [0.2, 0.25) is 0 Å². The molecule has 2 aliphatic rings. The quantitative estimate of drug-likeness (QED) is 0.397. The van der Waals surface area contributed by atoms with Gasteiger partial charge in [0, 0.05) is 60.9 Å². The van der Waals surface area contributed by atoms with Crippen LogP contribution in [0.5, 0.6) is 0 Å². The number of anilines is 2. The normalized spacial score (nSPS) is 16.6. The molecule has 2 aliphatic heterocycles. The molecule has 0 radical (unpaired) electrons. The topological polar surface area (TPSA) is 96.7 Å². The number of aryl methyl sites for hydroxylation is 1. The molecule has 212 valence electrons. The van der Waals surface area contributed by atoms with E-state index >= 15 is 0 Å². The SMILES string of the molecule is Cc1ccc(NC(=O)c2cc(N3CCCCC3)cc(C(F)(F)F)c2)cc1-c1cc(C(=O)NC2CCOCC2)on1. The lowest BCUT2D eigenvalue weighted by Crippen LogP contribution is -2.38. The van der Waals surface area contributed by atoms with Crippen LogP contribution in [-0.2, 0) is 10.9 Å². The van der Waals surface area contributed by atoms with Gasteiger partial charge in [-0.2, -0.15) is 13.2 Å². The Kier molecular flexibility index (Phi) is 8.11. The first-order valence-electron chi connectivity index (χ1n) is 13.4. The molecule has 0 bridgehead atoms. The Hall–Kier alpha value is -3.86. The van der Waals surface area contributed by atoms with Crippen LogP contribution in [0.3, 0.4) is 0 Å². The molecule has 0 aliphatic carbocycles. The molecule has 1 aromatic heterocycles. The summed E-state index contributed by atoms with van der Waals surface area (Å²) in [4.78, 5) is 27.7. The predicted molar refractivity (Wildman–Crippen MR) is 143 cm³/mol. The minimum Gasteiger partial charge on any atom is -0.381 e. The number of hydrogen-bond acceptors (Lipinski definition) is 6. The molecule has 2 saturated heterocycles. The van der Waals surface area contributed by atoms with E-state index in [2.05, 4.69) is 15.8 Å². The van der Waals surface area contributed by atoms with Gasteiger partial charge in [-0.15, -0.1) is 0 Å². The summed E-state index contributed by atoms with van der Waals surface area (Å²) >= 11 is 0. The van der Waals surface area contributed by atoms with Gasteiger partial charge in [0.25, 0.3) is 11.8 Å². The smallest absolute Gasteiger partial charge is 0.381 e. The minimum absolute atomic E-state index is 0.00125. The van der Waals surface area contributed by atoms with E-state index < -0.39 is 17.6 Å². The lowest BCUT2D eigenvalue weighted by molar-refractivity contribution is -0.137. The standard InChI is InChI=1S/C29H31F3N4O4/c1-18-5-6-22(16-24(18)25-17-26(40-35-25)28(38)33-21-7-11-39-12-8-21)34-27(37)19-13-20(29(30,31)32)15-23(14-19)36-9-3-2-4-10-36/h5-6,13-17,21H,2-4,7-12H2,1H3,(H,33,38)(H,34,37). The summed E-state index contributed by atoms with van der Waals surface area (Å²) < 4.78 is 51.6. The summed E-state index contributed by atoms with van der Waals surface area (Å²) in [5.74, 6) is -0.970. The van der Waals surface area contributed by atoms with E-state index in [1.165, 1.54) is 12.1 Å². The van der Waals surface area contributed by atoms with Crippen molar-refractivity contribution in [1.29, 1.82) is 0 Å². The van der Waals surface area contributed by atoms with Gasteiger partial charge in [0.05, 0.1) is 5.56 Å². The number of halogens is 3. The van der Waals surface area contributed by atoms with Crippen molar-refractivity contribution < 1.29 is 32.0 Å². The van der Waals surface area contributed by atoms with E-state index in [9.17, 15) is 22.8 Å². The largest absolute Gasteiger partial charge is 0.416 e. The summed E-state index contributed by atoms with van der Waals surface area (Å²) in [6.07, 6.45) is -0.320. The molecule has 2 amide bonds. The van der Waals surface area contributed by atoms with Gasteiger partial charge in [-0.05, 0) is 74.9 Å². The molecule has 0 saturated carbocycles. The fourth-order valence-electron chi connectivity index (χ4n) is 5.03. The Morgan fingerprint density at radius 2 is 1.73 bits per heavy atom. The second-order valence-corrected chi connectivity index (χ2v) is 10.2. The van der Waals surface area contributed by atoms with Crippen LogP contribution in [0, 0.1) is 6.92 Å². The van der Waals surface area contributed by atoms with Crippen molar-refractivity contribution in [3.05, 3.63) is 64.9 Å². The van der Waals surface area contributed by atoms with Crippen LogP contribution in [0.15, 0.2) is 47.0 Å². The van der Waals surface area contributed by atoms with Gasteiger partial charge in [-0.3, -0.25) is 9.59 Å². The number of amides is 2. The number of piperidine rings is 1. The molecular formula is C29H31F3N4O4. The first kappa shape index (κ1) is 27.7. The average Bonchev–Trinajstić information content (AvgIpc) is 3.45. The summed E-state index contributed by atoms with van der Waals surface area (Å²) in [6.45, 7) is 4.32. The van der Waals surface area contributed by atoms with E-state index in [4.69, 9.17) is 9.26 Å². The Morgan fingerprint density at radius 1 is 0.975 bits per heavy atom. The van der Waals surface area contributed by atoms with Gasteiger partial charge in [-0.25, -0.2) is 0 Å². The molecule has 8 nitrogen and oxygen atoms in total. The maximum absolute atomic E-state index is 13.7. The zero-order valence-electron chi connectivity index (χ0n) is 22.1. The van der Waals surface area contributed by atoms with E-state index in [0.717, 1.165) is 49.8 Å². The molecule has 2 N–H and O–H groups in total. The maximum atomic E-state index is 13.7. The number of nitrogens with zero attached hydrogens (tertiary/aromatic N) is 2. The van der Waals surface area contributed by atoms with E-state index in [1.807, 2.05) is 11.8 Å². The first-order valence-corrected chi connectivity index (χ1v) is 13.4. The molecule has 11 heteroatoms. The Bertz CT molecular complexity index is 1380. The number of hydrogen-bond donors (Lipinski definition) is 2. The third-order valence-corrected chi connectivity index (χ3v) is 7.29. The number of alkyl halides is 3. The molecule has 3 aromatic rings. The van der Waals surface area contributed by atoms with Crippen molar-refractivity contribution in [1.82, 2.24) is 10.5 Å². The highest BCUT2D eigenvalue weighted by atomic mass is 19.4. The number of rotatable bonds is 6. The van der Waals surface area contributed by atoms with Gasteiger partial charge in [0.15, 0.2) is 0 Å². The summed E-state index contributed by atoms with van der Waals surface area (Å²) in [5.41, 5.74) is 1.65. The molecule has 0 spiro atoms. The van der Waals surface area contributed by atoms with E-state index in [-0.39, 0.29) is 23.3 Å². The van der Waals surface area contributed by atoms with Crippen LogP contribution in [0.4, 0.5) is 24.5 Å². The van der Waals surface area contributed by atoms with E-state index in [1.54, 1.807) is 18.2 Å². The second-order valence-electron chi connectivity index (χ2n) is 10.2. The molecule has 0 atom stereocenters. The number of aromatic nitrogens is 1. The van der Waals surface area contributed by atoms with Crippen molar-refractivity contribution in [2.75, 3.05) is 36.5 Å². The highest BCUT2D eigenvalue weighted by Gasteiger charge is 2.32. The first-order chi connectivity index (χ1) is 19.2. The summed E-state index contributed by atoms with van der Waals surface area (Å²) in [6, 6.07) is 10.1. The Morgan fingerprint density at radius 3 is 2.45 bits per heavy atom. The molecule has 5 rings (SSSR count). The molecule has 0 unspecified atom stereocenters. The second kappa shape index (κ2) is 11.7. The lowest BCUT2D eigenvalue weighted by atomic mass is 10.0. The highest BCUT2D eigenvalue weighted by molar-refractivity contribution is 6.05. The number of carbonyl (C=O) groups excluding carboxylic acids is 2. The zero-order chi connectivity index (χ0) is 28.3. The van der Waals surface area contributed by atoms with Crippen LogP contribution < -0.4 is 15.5 Å². The van der Waals surface area contributed by atoms with Crippen molar-refractivity contribution in [2.45, 2.75) is 51.2 Å². The zero-order valence-corrected chi connectivity index (χ0v) is 22.1. The minimum atomic E-state index is -4.58. The molecule has 2 fully saturated rings. The highest BCUT2D eigenvalue weighted by Crippen LogP contribution is 2.34. The van der Waals surface area contributed by atoms with Gasteiger partial charge >= 0.3 is 6.18 Å². The molecule has 2 aromatic carbocycles.